The highest BCUT2D eigenvalue weighted by atomic mass is 35.5. The van der Waals surface area contributed by atoms with Gasteiger partial charge in [-0.3, -0.25) is 0 Å². The third-order valence-corrected chi connectivity index (χ3v) is 3.94. The highest BCUT2D eigenvalue weighted by molar-refractivity contribution is 7.10. The second-order valence-electron chi connectivity index (χ2n) is 3.18. The van der Waals surface area contributed by atoms with Gasteiger partial charge in [0, 0.05) is 10.3 Å². The maximum Gasteiger partial charge on any atom is 0.0915 e. The molecule has 0 saturated heterocycles. The Hall–Kier alpha value is -0.520. The van der Waals surface area contributed by atoms with Crippen LogP contribution in [0.2, 0.25) is 5.02 Å². The van der Waals surface area contributed by atoms with Crippen LogP contribution >= 0.6 is 22.9 Å². The first-order chi connectivity index (χ1) is 5.77. The van der Waals surface area contributed by atoms with Gasteiger partial charge >= 0.3 is 0 Å². The molecule has 1 aliphatic rings. The highest BCUT2D eigenvalue weighted by Crippen LogP contribution is 2.45. The Labute approximate surface area is 80.6 Å². The van der Waals surface area contributed by atoms with Crippen molar-refractivity contribution >= 4 is 22.9 Å². The first kappa shape index (κ1) is 8.10. The first-order valence-electron chi connectivity index (χ1n) is 3.93. The number of rotatable bonds is 1. The molecular weight excluding hydrogens is 190 g/mol. The molecule has 2 rings (SSSR count). The smallest absolute Gasteiger partial charge is 0.0915 e. The Morgan fingerprint density at radius 1 is 1.58 bits per heavy atom. The fourth-order valence-corrected chi connectivity index (χ4v) is 2.79. The van der Waals surface area contributed by atoms with Crippen molar-refractivity contribution in [2.45, 2.75) is 24.7 Å². The van der Waals surface area contributed by atoms with Gasteiger partial charge < -0.3 is 0 Å². The number of nitriles is 1. The summed E-state index contributed by atoms with van der Waals surface area (Å²) in [5.41, 5.74) is -0.183. The van der Waals surface area contributed by atoms with Crippen molar-refractivity contribution < 1.29 is 0 Å². The molecule has 1 saturated carbocycles. The minimum atomic E-state index is -0.183. The molecule has 1 heterocycles. The Bertz CT molecular complexity index is 333. The monoisotopic (exact) mass is 197 g/mol. The number of hydrogen-bond acceptors (Lipinski definition) is 2. The SMILES string of the molecule is N#CC1(c2cc(Cl)cs2)CCC1. The molecule has 0 N–H and O–H groups in total. The van der Waals surface area contributed by atoms with Crippen molar-refractivity contribution in [1.29, 1.82) is 5.26 Å². The summed E-state index contributed by atoms with van der Waals surface area (Å²) in [7, 11) is 0. The van der Waals surface area contributed by atoms with Crippen molar-refractivity contribution in [2.24, 2.45) is 0 Å². The Kier molecular flexibility index (Phi) is 1.86. The lowest BCUT2D eigenvalue weighted by molar-refractivity contribution is 0.330. The van der Waals surface area contributed by atoms with Crippen LogP contribution < -0.4 is 0 Å². The van der Waals surface area contributed by atoms with Crippen LogP contribution in [0.25, 0.3) is 0 Å². The summed E-state index contributed by atoms with van der Waals surface area (Å²) in [4.78, 5) is 1.14. The van der Waals surface area contributed by atoms with E-state index in [-0.39, 0.29) is 5.41 Å². The maximum absolute atomic E-state index is 9.01. The van der Waals surface area contributed by atoms with E-state index in [0.29, 0.717) is 0 Å². The Morgan fingerprint density at radius 2 is 2.33 bits per heavy atom. The fraction of sp³-hybridized carbons (Fsp3) is 0.444. The van der Waals surface area contributed by atoms with E-state index in [9.17, 15) is 0 Å². The molecule has 1 nitrogen and oxygen atoms in total. The largest absolute Gasteiger partial charge is 0.197 e. The van der Waals surface area contributed by atoms with E-state index in [0.717, 1.165) is 22.7 Å². The van der Waals surface area contributed by atoms with Crippen LogP contribution in [-0.2, 0) is 5.41 Å². The van der Waals surface area contributed by atoms with Gasteiger partial charge in [-0.05, 0) is 25.3 Å². The van der Waals surface area contributed by atoms with Crippen molar-refractivity contribution in [2.75, 3.05) is 0 Å². The predicted octanol–water partition coefficient (Wildman–Crippen LogP) is 3.35. The van der Waals surface area contributed by atoms with Crippen molar-refractivity contribution in [1.82, 2.24) is 0 Å². The highest BCUT2D eigenvalue weighted by Gasteiger charge is 2.40. The van der Waals surface area contributed by atoms with Crippen LogP contribution in [0.5, 0.6) is 0 Å². The normalized spacial score (nSPS) is 19.7. The minimum absolute atomic E-state index is 0.183. The van der Waals surface area contributed by atoms with Gasteiger partial charge in [0.25, 0.3) is 0 Å². The molecule has 0 bridgehead atoms. The lowest BCUT2D eigenvalue weighted by atomic mass is 9.69. The molecule has 1 aliphatic carbocycles. The van der Waals surface area contributed by atoms with E-state index in [1.807, 2.05) is 11.4 Å². The van der Waals surface area contributed by atoms with E-state index in [1.54, 1.807) is 11.3 Å². The molecular formula is C9H8ClNS. The van der Waals surface area contributed by atoms with Crippen LogP contribution in [-0.4, -0.2) is 0 Å². The predicted molar refractivity (Wildman–Crippen MR) is 50.5 cm³/mol. The molecule has 1 aromatic rings. The van der Waals surface area contributed by atoms with Crippen molar-refractivity contribution in [3.8, 4) is 6.07 Å². The van der Waals surface area contributed by atoms with Gasteiger partial charge in [-0.1, -0.05) is 11.6 Å². The van der Waals surface area contributed by atoms with Gasteiger partial charge in [-0.2, -0.15) is 5.26 Å². The second kappa shape index (κ2) is 2.76. The molecule has 0 radical (unpaired) electrons. The van der Waals surface area contributed by atoms with Crippen molar-refractivity contribution in [3.63, 3.8) is 0 Å². The zero-order valence-corrected chi connectivity index (χ0v) is 8.08. The number of halogens is 1. The summed E-state index contributed by atoms with van der Waals surface area (Å²) in [6.07, 6.45) is 3.17. The van der Waals surface area contributed by atoms with Crippen molar-refractivity contribution in [3.05, 3.63) is 21.3 Å². The quantitative estimate of drug-likeness (QED) is 0.678. The molecule has 0 amide bonds. The summed E-state index contributed by atoms with van der Waals surface area (Å²) in [6.45, 7) is 0. The van der Waals surface area contributed by atoms with E-state index in [2.05, 4.69) is 6.07 Å². The fourth-order valence-electron chi connectivity index (χ4n) is 1.51. The van der Waals surface area contributed by atoms with Gasteiger partial charge in [0.1, 0.15) is 0 Å². The van der Waals surface area contributed by atoms with Gasteiger partial charge in [-0.25, -0.2) is 0 Å². The summed E-state index contributed by atoms with van der Waals surface area (Å²) in [5.74, 6) is 0. The third-order valence-electron chi connectivity index (χ3n) is 2.46. The van der Waals surface area contributed by atoms with Gasteiger partial charge in [-0.15, -0.1) is 11.3 Å². The van der Waals surface area contributed by atoms with Gasteiger partial charge in [0.15, 0.2) is 0 Å². The lowest BCUT2D eigenvalue weighted by Gasteiger charge is -2.33. The summed E-state index contributed by atoms with van der Waals surface area (Å²) >= 11 is 7.41. The van der Waals surface area contributed by atoms with E-state index in [1.165, 1.54) is 6.42 Å². The maximum atomic E-state index is 9.01. The molecule has 0 atom stereocenters. The zero-order chi connectivity index (χ0) is 8.60. The second-order valence-corrected chi connectivity index (χ2v) is 4.52. The number of hydrogen-bond donors (Lipinski definition) is 0. The lowest BCUT2D eigenvalue weighted by Crippen LogP contribution is -2.31. The molecule has 0 unspecified atom stereocenters. The average Bonchev–Trinajstić information content (AvgIpc) is 2.35. The minimum Gasteiger partial charge on any atom is -0.197 e. The van der Waals surface area contributed by atoms with Crippen LogP contribution in [0.3, 0.4) is 0 Å². The van der Waals surface area contributed by atoms with E-state index < -0.39 is 0 Å². The van der Waals surface area contributed by atoms with E-state index >= 15 is 0 Å². The summed E-state index contributed by atoms with van der Waals surface area (Å²) in [6, 6.07) is 4.32. The Morgan fingerprint density at radius 3 is 2.67 bits per heavy atom. The molecule has 1 aromatic heterocycles. The number of thiophene rings is 1. The van der Waals surface area contributed by atoms with E-state index in [4.69, 9.17) is 16.9 Å². The molecule has 62 valence electrons. The molecule has 12 heavy (non-hydrogen) atoms. The molecule has 1 fully saturated rings. The molecule has 0 aromatic carbocycles. The molecule has 0 aliphatic heterocycles. The van der Waals surface area contributed by atoms with Gasteiger partial charge in [0.2, 0.25) is 0 Å². The van der Waals surface area contributed by atoms with Crippen LogP contribution in [0.1, 0.15) is 24.1 Å². The van der Waals surface area contributed by atoms with Crippen LogP contribution in [0.4, 0.5) is 0 Å². The zero-order valence-electron chi connectivity index (χ0n) is 6.51. The third kappa shape index (κ3) is 1.05. The summed E-state index contributed by atoms with van der Waals surface area (Å²) in [5, 5.41) is 11.7. The standard InChI is InChI=1S/C9H8ClNS/c10-7-4-8(12-5-7)9(6-11)2-1-3-9/h4-5H,1-3H2. The average molecular weight is 198 g/mol. The van der Waals surface area contributed by atoms with Gasteiger partial charge in [0.05, 0.1) is 16.5 Å². The molecule has 3 heteroatoms. The van der Waals surface area contributed by atoms with Crippen LogP contribution in [0, 0.1) is 11.3 Å². The first-order valence-corrected chi connectivity index (χ1v) is 5.18. The Balaban J connectivity index is 2.35. The number of nitrogens with zero attached hydrogens (tertiary/aromatic N) is 1. The molecule has 0 spiro atoms. The summed E-state index contributed by atoms with van der Waals surface area (Å²) < 4.78 is 0. The topological polar surface area (TPSA) is 23.8 Å². The van der Waals surface area contributed by atoms with Crippen LogP contribution in [0.15, 0.2) is 11.4 Å².